The van der Waals surface area contributed by atoms with Gasteiger partial charge in [-0.25, -0.2) is 0 Å². The second-order valence-electron chi connectivity index (χ2n) is 4.83. The molecule has 0 radical (unpaired) electrons. The number of aryl methyl sites for hydroxylation is 1. The molecule has 0 N–H and O–H groups in total. The van der Waals surface area contributed by atoms with E-state index in [0.717, 1.165) is 33.5 Å². The molecule has 0 spiro atoms. The molecule has 0 amide bonds. The molecule has 0 bridgehead atoms. The molecular weight excluding hydrogens is 360 g/mol. The summed E-state index contributed by atoms with van der Waals surface area (Å²) in [4.78, 5) is 14.3. The van der Waals surface area contributed by atoms with Crippen LogP contribution in [0.15, 0.2) is 40.9 Å². The number of carbonyl (C=O) groups is 1. The number of allylic oxidation sites excluding steroid dienone is 1. The van der Waals surface area contributed by atoms with Gasteiger partial charge in [0.15, 0.2) is 5.78 Å². The summed E-state index contributed by atoms with van der Waals surface area (Å²) in [7, 11) is 0. The van der Waals surface area contributed by atoms with Gasteiger partial charge in [0.2, 0.25) is 0 Å². The molecule has 2 aromatic rings. The summed E-state index contributed by atoms with van der Waals surface area (Å²) in [6.45, 7) is 4.69. The van der Waals surface area contributed by atoms with Crippen molar-refractivity contribution in [2.45, 2.75) is 26.7 Å². The van der Waals surface area contributed by atoms with Crippen LogP contribution in [0.25, 0.3) is 6.08 Å². The van der Waals surface area contributed by atoms with Crippen molar-refractivity contribution in [3.63, 3.8) is 0 Å². The molecule has 0 aliphatic heterocycles. The van der Waals surface area contributed by atoms with Gasteiger partial charge in [-0.3, -0.25) is 4.79 Å². The van der Waals surface area contributed by atoms with Crippen LogP contribution < -0.4 is 4.74 Å². The van der Waals surface area contributed by atoms with E-state index in [1.807, 2.05) is 43.3 Å². The van der Waals surface area contributed by atoms with Gasteiger partial charge >= 0.3 is 0 Å². The van der Waals surface area contributed by atoms with Gasteiger partial charge in [0.1, 0.15) is 5.75 Å². The number of carbonyl (C=O) groups excluding carboxylic acids is 1. The maximum atomic E-state index is 12.3. The van der Waals surface area contributed by atoms with Crippen molar-refractivity contribution in [3.05, 3.63) is 56.2 Å². The van der Waals surface area contributed by atoms with Crippen molar-refractivity contribution in [3.8, 4) is 5.75 Å². The Labute approximate surface area is 144 Å². The smallest absolute Gasteiger partial charge is 0.195 e. The van der Waals surface area contributed by atoms with Crippen LogP contribution in [0.2, 0.25) is 0 Å². The first-order valence-corrected chi connectivity index (χ1v) is 8.98. The highest BCUT2D eigenvalue weighted by Crippen LogP contribution is 2.25. The fourth-order valence-corrected chi connectivity index (χ4v) is 3.48. The van der Waals surface area contributed by atoms with Gasteiger partial charge in [-0.1, -0.05) is 29.3 Å². The number of benzene rings is 1. The molecule has 2 rings (SSSR count). The van der Waals surface area contributed by atoms with Gasteiger partial charge in [-0.2, -0.15) is 0 Å². The van der Waals surface area contributed by atoms with Gasteiger partial charge in [0.25, 0.3) is 0 Å². The second-order valence-corrected chi connectivity index (χ2v) is 6.91. The number of ketones is 1. The molecule has 1 aromatic heterocycles. The average molecular weight is 379 g/mol. The highest BCUT2D eigenvalue weighted by Gasteiger charge is 2.07. The first-order chi connectivity index (χ1) is 10.6. The summed E-state index contributed by atoms with van der Waals surface area (Å²) in [5.41, 5.74) is 0.898. The molecule has 0 fully saturated rings. The molecule has 1 heterocycles. The predicted octanol–water partition coefficient (Wildman–Crippen LogP) is 5.76. The molecular formula is C18H19BrO2S. The molecule has 22 heavy (non-hydrogen) atoms. The van der Waals surface area contributed by atoms with E-state index in [9.17, 15) is 4.79 Å². The minimum atomic E-state index is 0.0368. The summed E-state index contributed by atoms with van der Waals surface area (Å²) in [6, 6.07) is 9.74. The maximum absolute atomic E-state index is 12.3. The van der Waals surface area contributed by atoms with Crippen molar-refractivity contribution in [2.75, 3.05) is 6.61 Å². The Bertz CT molecular complexity index is 673. The largest absolute Gasteiger partial charge is 0.493 e. The van der Waals surface area contributed by atoms with Gasteiger partial charge in [-0.05, 0) is 55.8 Å². The minimum absolute atomic E-state index is 0.0368. The zero-order chi connectivity index (χ0) is 15.9. The SMILES string of the molecule is CCCc1ccc(C(=O)/C=C/c2cc(Br)ccc2OCC)s1. The quantitative estimate of drug-likeness (QED) is 0.452. The van der Waals surface area contributed by atoms with E-state index in [1.54, 1.807) is 17.4 Å². The normalized spacial score (nSPS) is 11.0. The number of halogens is 1. The summed E-state index contributed by atoms with van der Waals surface area (Å²) >= 11 is 5.02. The standard InChI is InChI=1S/C18H19BrO2S/c1-3-5-15-8-11-18(22-15)16(20)9-6-13-12-14(19)7-10-17(13)21-4-2/h6-12H,3-5H2,1-2H3/b9-6+. The van der Waals surface area contributed by atoms with Gasteiger partial charge in [0.05, 0.1) is 11.5 Å². The van der Waals surface area contributed by atoms with E-state index in [-0.39, 0.29) is 5.78 Å². The van der Waals surface area contributed by atoms with Gasteiger partial charge < -0.3 is 4.74 Å². The molecule has 116 valence electrons. The van der Waals surface area contributed by atoms with Crippen molar-refractivity contribution < 1.29 is 9.53 Å². The molecule has 0 unspecified atom stereocenters. The Kier molecular flexibility index (Phi) is 6.40. The topological polar surface area (TPSA) is 26.3 Å². The van der Waals surface area contributed by atoms with Crippen LogP contribution in [0, 0.1) is 0 Å². The van der Waals surface area contributed by atoms with E-state index in [0.29, 0.717) is 6.61 Å². The lowest BCUT2D eigenvalue weighted by Gasteiger charge is -2.07. The lowest BCUT2D eigenvalue weighted by atomic mass is 10.1. The van der Waals surface area contributed by atoms with Gasteiger partial charge in [-0.15, -0.1) is 11.3 Å². The van der Waals surface area contributed by atoms with Crippen LogP contribution in [0.4, 0.5) is 0 Å². The average Bonchev–Trinajstić information content (AvgIpc) is 2.96. The zero-order valence-electron chi connectivity index (χ0n) is 12.8. The third kappa shape index (κ3) is 4.55. The van der Waals surface area contributed by atoms with E-state index < -0.39 is 0 Å². The Morgan fingerprint density at radius 1 is 1.27 bits per heavy atom. The van der Waals surface area contributed by atoms with Crippen LogP contribution in [-0.2, 0) is 6.42 Å². The van der Waals surface area contributed by atoms with Gasteiger partial charge in [0, 0.05) is 14.9 Å². The summed E-state index contributed by atoms with van der Waals surface area (Å²) < 4.78 is 6.55. The number of hydrogen-bond acceptors (Lipinski definition) is 3. The zero-order valence-corrected chi connectivity index (χ0v) is 15.2. The van der Waals surface area contributed by atoms with Crippen LogP contribution in [-0.4, -0.2) is 12.4 Å². The Balaban J connectivity index is 2.16. The monoisotopic (exact) mass is 378 g/mol. The molecule has 4 heteroatoms. The first kappa shape index (κ1) is 17.0. The van der Waals surface area contributed by atoms with E-state index >= 15 is 0 Å². The van der Waals surface area contributed by atoms with Crippen molar-refractivity contribution in [1.29, 1.82) is 0 Å². The number of hydrogen-bond donors (Lipinski definition) is 0. The van der Waals surface area contributed by atoms with Crippen LogP contribution in [0.3, 0.4) is 0 Å². The lowest BCUT2D eigenvalue weighted by Crippen LogP contribution is -1.94. The number of thiophene rings is 1. The van der Waals surface area contributed by atoms with E-state index in [1.165, 1.54) is 4.88 Å². The maximum Gasteiger partial charge on any atom is 0.195 e. The lowest BCUT2D eigenvalue weighted by molar-refractivity contribution is 0.105. The highest BCUT2D eigenvalue weighted by atomic mass is 79.9. The van der Waals surface area contributed by atoms with Crippen LogP contribution in [0.5, 0.6) is 5.75 Å². The van der Waals surface area contributed by atoms with Crippen molar-refractivity contribution in [2.24, 2.45) is 0 Å². The summed E-state index contributed by atoms with van der Waals surface area (Å²) in [5, 5.41) is 0. The van der Waals surface area contributed by atoms with Crippen molar-refractivity contribution >= 4 is 39.1 Å². The summed E-state index contributed by atoms with van der Waals surface area (Å²) in [5.74, 6) is 0.822. The molecule has 0 aliphatic rings. The minimum Gasteiger partial charge on any atom is -0.493 e. The van der Waals surface area contributed by atoms with Crippen LogP contribution in [0.1, 0.15) is 40.4 Å². The Morgan fingerprint density at radius 3 is 2.82 bits per heavy atom. The Hall–Kier alpha value is -1.39. The van der Waals surface area contributed by atoms with E-state index in [2.05, 4.69) is 22.9 Å². The molecule has 0 saturated carbocycles. The first-order valence-electron chi connectivity index (χ1n) is 7.37. The molecule has 0 atom stereocenters. The second kappa shape index (κ2) is 8.30. The number of ether oxygens (including phenoxy) is 1. The fourth-order valence-electron chi connectivity index (χ4n) is 2.08. The fraction of sp³-hybridized carbons (Fsp3) is 0.278. The highest BCUT2D eigenvalue weighted by molar-refractivity contribution is 9.10. The molecule has 2 nitrogen and oxygen atoms in total. The number of rotatable bonds is 7. The third-order valence-electron chi connectivity index (χ3n) is 3.09. The molecule has 0 aliphatic carbocycles. The van der Waals surface area contributed by atoms with Crippen LogP contribution >= 0.6 is 27.3 Å². The van der Waals surface area contributed by atoms with E-state index in [4.69, 9.17) is 4.74 Å². The third-order valence-corrected chi connectivity index (χ3v) is 4.74. The molecule has 0 saturated heterocycles. The Morgan fingerprint density at radius 2 is 2.09 bits per heavy atom. The van der Waals surface area contributed by atoms with Crippen molar-refractivity contribution in [1.82, 2.24) is 0 Å². The summed E-state index contributed by atoms with van der Waals surface area (Å²) in [6.07, 6.45) is 5.56. The predicted molar refractivity (Wildman–Crippen MR) is 97.0 cm³/mol. The molecule has 1 aromatic carbocycles.